The number of hydrogen-bond acceptors (Lipinski definition) is 15. The SMILES string of the molecule is COc1cccc(CNC(=O)c2cc(C(=O)NCc3ccc(C(COCC(NC(=O)O)(OC)c4ccc(CNC(=O)c5cc(C(=O)NCc6cccc(OC)c6)ncn5)cc4)(NC(=O)O)OC)cc3)ncn2)c1. The van der Waals surface area contributed by atoms with Crippen LogP contribution >= 0.6 is 0 Å². The van der Waals surface area contributed by atoms with Crippen molar-refractivity contribution < 1.29 is 62.7 Å². The summed E-state index contributed by atoms with van der Waals surface area (Å²) in [6.45, 7) is -0.550. The molecule has 0 aliphatic heterocycles. The fraction of sp³-hybridized carbons (Fsp3) is 0.240. The lowest BCUT2D eigenvalue weighted by atomic mass is 10.00. The molecule has 6 rings (SSSR count). The summed E-state index contributed by atoms with van der Waals surface area (Å²) >= 11 is 0. The summed E-state index contributed by atoms with van der Waals surface area (Å²) in [5.41, 5.74) is -0.416. The Hall–Kier alpha value is -9.06. The van der Waals surface area contributed by atoms with Crippen molar-refractivity contribution in [2.45, 2.75) is 37.6 Å². The molecule has 0 aliphatic carbocycles. The molecule has 0 aliphatic rings. The van der Waals surface area contributed by atoms with Crippen molar-refractivity contribution in [2.75, 3.05) is 41.7 Å². The number of nitrogens with zero attached hydrogens (tertiary/aromatic N) is 4. The second kappa shape index (κ2) is 25.2. The molecule has 0 bridgehead atoms. The number of benzene rings is 4. The second-order valence-electron chi connectivity index (χ2n) is 15.8. The fourth-order valence-electron chi connectivity index (χ4n) is 7.17. The number of aromatic nitrogens is 4. The van der Waals surface area contributed by atoms with E-state index in [-0.39, 0.29) is 49.0 Å². The van der Waals surface area contributed by atoms with Crippen LogP contribution < -0.4 is 41.4 Å². The van der Waals surface area contributed by atoms with Crippen molar-refractivity contribution >= 4 is 35.8 Å². The highest BCUT2D eigenvalue weighted by molar-refractivity contribution is 5.98. The van der Waals surface area contributed by atoms with E-state index in [1.54, 1.807) is 99.1 Å². The Bertz CT molecular complexity index is 2710. The second-order valence-corrected chi connectivity index (χ2v) is 15.8. The Morgan fingerprint density at radius 2 is 0.781 bits per heavy atom. The molecule has 4 aromatic carbocycles. The van der Waals surface area contributed by atoms with E-state index in [4.69, 9.17) is 23.7 Å². The summed E-state index contributed by atoms with van der Waals surface area (Å²) in [6, 6.07) is 29.6. The number of carboxylic acid groups (broad SMARTS) is 2. The van der Waals surface area contributed by atoms with Crippen molar-refractivity contribution in [3.8, 4) is 11.5 Å². The molecule has 8 N–H and O–H groups in total. The first-order valence-electron chi connectivity index (χ1n) is 22.1. The zero-order valence-electron chi connectivity index (χ0n) is 40.0. The summed E-state index contributed by atoms with van der Waals surface area (Å²) in [7, 11) is 5.59. The molecule has 6 amide bonds. The minimum atomic E-state index is -1.83. The monoisotopic (exact) mass is 1000 g/mol. The van der Waals surface area contributed by atoms with Crippen molar-refractivity contribution in [1.82, 2.24) is 51.8 Å². The van der Waals surface area contributed by atoms with Crippen molar-refractivity contribution in [3.63, 3.8) is 0 Å². The van der Waals surface area contributed by atoms with Crippen LogP contribution in [0.4, 0.5) is 9.59 Å². The Balaban J connectivity index is 1.05. The first-order chi connectivity index (χ1) is 35.2. The third kappa shape index (κ3) is 14.5. The van der Waals surface area contributed by atoms with Crippen molar-refractivity contribution in [1.29, 1.82) is 0 Å². The van der Waals surface area contributed by atoms with Crippen molar-refractivity contribution in [2.24, 2.45) is 0 Å². The Morgan fingerprint density at radius 3 is 1.08 bits per heavy atom. The molecule has 2 heterocycles. The fourth-order valence-corrected chi connectivity index (χ4v) is 7.17. The zero-order valence-corrected chi connectivity index (χ0v) is 40.0. The molecule has 23 nitrogen and oxygen atoms in total. The summed E-state index contributed by atoms with van der Waals surface area (Å²) in [4.78, 5) is 92.1. The molecule has 2 aromatic heterocycles. The minimum absolute atomic E-state index is 0.0155. The van der Waals surface area contributed by atoms with Gasteiger partial charge in [-0.15, -0.1) is 0 Å². The molecular weight excluding hydrogens is 949 g/mol. The van der Waals surface area contributed by atoms with E-state index in [1.807, 2.05) is 12.1 Å². The molecule has 2 unspecified atom stereocenters. The van der Waals surface area contributed by atoms with Gasteiger partial charge in [0.25, 0.3) is 23.6 Å². The van der Waals surface area contributed by atoms with Crippen LogP contribution in [0.25, 0.3) is 0 Å². The number of ether oxygens (including phenoxy) is 5. The quantitative estimate of drug-likeness (QED) is 0.0399. The third-order valence-corrected chi connectivity index (χ3v) is 11.1. The lowest BCUT2D eigenvalue weighted by molar-refractivity contribution is -0.144. The number of hydrogen-bond donors (Lipinski definition) is 8. The molecule has 0 fully saturated rings. The molecule has 0 radical (unpaired) electrons. The Kier molecular flexibility index (Phi) is 18.4. The van der Waals surface area contributed by atoms with E-state index in [2.05, 4.69) is 51.8 Å². The minimum Gasteiger partial charge on any atom is -0.497 e. The largest absolute Gasteiger partial charge is 0.497 e. The van der Waals surface area contributed by atoms with E-state index in [0.29, 0.717) is 33.8 Å². The number of rotatable bonds is 24. The molecule has 380 valence electrons. The van der Waals surface area contributed by atoms with Gasteiger partial charge in [-0.2, -0.15) is 0 Å². The van der Waals surface area contributed by atoms with E-state index >= 15 is 0 Å². The van der Waals surface area contributed by atoms with Crippen LogP contribution in [0, 0.1) is 0 Å². The maximum absolute atomic E-state index is 13.1. The van der Waals surface area contributed by atoms with E-state index in [1.165, 1.54) is 26.4 Å². The van der Waals surface area contributed by atoms with Crippen LogP contribution in [0.15, 0.2) is 122 Å². The first-order valence-corrected chi connectivity index (χ1v) is 22.1. The third-order valence-electron chi connectivity index (χ3n) is 11.1. The van der Waals surface area contributed by atoms with Crippen LogP contribution in [-0.4, -0.2) is 108 Å². The van der Waals surface area contributed by atoms with Gasteiger partial charge >= 0.3 is 12.2 Å². The molecular formula is C50H52N10O13. The van der Waals surface area contributed by atoms with Crippen LogP contribution in [0.1, 0.15) is 75.3 Å². The Morgan fingerprint density at radius 1 is 0.452 bits per heavy atom. The van der Waals surface area contributed by atoms with Gasteiger partial charge in [0.15, 0.2) is 11.4 Å². The van der Waals surface area contributed by atoms with E-state index in [0.717, 1.165) is 23.8 Å². The standard InChI is InChI=1S/C50H52N10O13/c1-69-37-9-5-7-33(19-37)25-53-45(63)41-21-39(55-29-57-41)43(61)51-23-31-11-15-35(16-12-31)49(71-3,59-47(65)66)27-73-28-50(72-4,60-48(67)68)36-17-13-32(14-18-36)24-52-44(62)40-22-42(58-30-56-40)46(64)54-26-34-8-6-10-38(20-34)70-2/h5-22,29-30,59-60H,23-28H2,1-4H3,(H,51,61)(H,52,62)(H,53,63)(H,54,64)(H,65,66)(H,67,68). The average Bonchev–Trinajstić information content (AvgIpc) is 3.42. The molecule has 0 saturated heterocycles. The van der Waals surface area contributed by atoms with Gasteiger partial charge in [-0.25, -0.2) is 29.5 Å². The maximum Gasteiger partial charge on any atom is 0.407 e. The van der Waals surface area contributed by atoms with Gasteiger partial charge in [-0.05, 0) is 46.5 Å². The average molecular weight is 1000 g/mol. The summed E-state index contributed by atoms with van der Waals surface area (Å²) in [5, 5.41) is 35.4. The van der Waals surface area contributed by atoms with Gasteiger partial charge < -0.3 is 55.2 Å². The van der Waals surface area contributed by atoms with Crippen molar-refractivity contribution in [3.05, 3.63) is 178 Å². The van der Waals surface area contributed by atoms with Gasteiger partial charge in [0.2, 0.25) is 0 Å². The van der Waals surface area contributed by atoms with Gasteiger partial charge in [0.05, 0.1) is 27.4 Å². The molecule has 23 heteroatoms. The Labute approximate surface area is 418 Å². The summed E-state index contributed by atoms with van der Waals surface area (Å²) in [5.74, 6) is -0.930. The molecule has 0 spiro atoms. The smallest absolute Gasteiger partial charge is 0.407 e. The number of methoxy groups -OCH3 is 4. The lowest BCUT2D eigenvalue weighted by Crippen LogP contribution is -2.54. The van der Waals surface area contributed by atoms with Crippen LogP contribution in [0.3, 0.4) is 0 Å². The van der Waals surface area contributed by atoms with Gasteiger partial charge in [0.1, 0.15) is 46.9 Å². The number of carbonyl (C=O) groups excluding carboxylic acids is 4. The number of nitrogens with one attached hydrogen (secondary N) is 6. The number of amides is 6. The van der Waals surface area contributed by atoms with E-state index in [9.17, 15) is 39.0 Å². The highest BCUT2D eigenvalue weighted by Gasteiger charge is 2.39. The molecule has 6 aromatic rings. The molecule has 73 heavy (non-hydrogen) atoms. The summed E-state index contributed by atoms with van der Waals surface area (Å²) in [6.07, 6.45) is -0.708. The lowest BCUT2D eigenvalue weighted by Gasteiger charge is -2.36. The van der Waals surface area contributed by atoms with Crippen LogP contribution in [0.2, 0.25) is 0 Å². The maximum atomic E-state index is 13.1. The normalized spacial score (nSPS) is 12.4. The summed E-state index contributed by atoms with van der Waals surface area (Å²) < 4.78 is 27.9. The first kappa shape index (κ1) is 53.3. The molecule has 2 atom stereocenters. The number of carbonyl (C=O) groups is 6. The van der Waals surface area contributed by atoms with Crippen LogP contribution in [-0.2, 0) is 51.8 Å². The van der Waals surface area contributed by atoms with Gasteiger partial charge in [-0.3, -0.25) is 29.8 Å². The van der Waals surface area contributed by atoms with E-state index < -0.39 is 60.5 Å². The van der Waals surface area contributed by atoms with Gasteiger partial charge in [-0.1, -0.05) is 72.8 Å². The highest BCUT2D eigenvalue weighted by Crippen LogP contribution is 2.28. The zero-order chi connectivity index (χ0) is 52.4. The van der Waals surface area contributed by atoms with Gasteiger partial charge in [0, 0.05) is 63.7 Å². The predicted molar refractivity (Wildman–Crippen MR) is 258 cm³/mol. The predicted octanol–water partition coefficient (Wildman–Crippen LogP) is 3.85. The highest BCUT2D eigenvalue weighted by atomic mass is 16.6. The molecule has 0 saturated carbocycles. The van der Waals surface area contributed by atoms with Crippen LogP contribution in [0.5, 0.6) is 11.5 Å². The topological polar surface area (TPSA) is 313 Å².